The topological polar surface area (TPSA) is 17.1 Å². The van der Waals surface area contributed by atoms with E-state index in [1.165, 1.54) is 24.0 Å². The van der Waals surface area contributed by atoms with Gasteiger partial charge in [0.2, 0.25) is 0 Å². The van der Waals surface area contributed by atoms with Crippen LogP contribution in [0.1, 0.15) is 70.3 Å². The fourth-order valence-electron chi connectivity index (χ4n) is 3.21. The Labute approximate surface area is 123 Å². The number of carbonyl (C=O) groups excluding carboxylic acids is 1. The van der Waals surface area contributed by atoms with Crippen molar-refractivity contribution in [2.45, 2.75) is 64.7 Å². The normalized spacial score (nSPS) is 19.5. The molecule has 0 N–H and O–H groups in total. The summed E-state index contributed by atoms with van der Waals surface area (Å²) in [7, 11) is 0. The summed E-state index contributed by atoms with van der Waals surface area (Å²) in [4.78, 5) is 12.5. The van der Waals surface area contributed by atoms with Crippen molar-refractivity contribution in [2.24, 2.45) is 0 Å². The van der Waals surface area contributed by atoms with Gasteiger partial charge < -0.3 is 0 Å². The number of ketones is 1. The lowest BCUT2D eigenvalue weighted by molar-refractivity contribution is -0.116. The van der Waals surface area contributed by atoms with Crippen molar-refractivity contribution in [2.75, 3.05) is 0 Å². The third kappa shape index (κ3) is 3.59. The molecule has 1 heteroatoms. The molecule has 108 valence electrons. The van der Waals surface area contributed by atoms with E-state index < -0.39 is 0 Å². The van der Waals surface area contributed by atoms with E-state index >= 15 is 0 Å². The Kier molecular flexibility index (Phi) is 5.58. The van der Waals surface area contributed by atoms with Crippen molar-refractivity contribution in [3.8, 4) is 0 Å². The number of carbonyl (C=O) groups is 1. The summed E-state index contributed by atoms with van der Waals surface area (Å²) in [6.07, 6.45) is 7.36. The first-order chi connectivity index (χ1) is 9.76. The standard InChI is InChI=1S/C19H26O/c1-3-5-10-16-13-17(15-11-7-6-8-12-15)14-19(20)18(16)9-4-2/h6-8,11-12,17H,3-5,9-10,13-14H2,1-2H3/t17-/m0/s1. The van der Waals surface area contributed by atoms with Crippen LogP contribution in [-0.2, 0) is 4.79 Å². The third-order valence-electron chi connectivity index (χ3n) is 4.29. The maximum absolute atomic E-state index is 12.5. The van der Waals surface area contributed by atoms with Crippen molar-refractivity contribution >= 4 is 5.78 Å². The second kappa shape index (κ2) is 7.42. The second-order valence-corrected chi connectivity index (χ2v) is 5.87. The quantitative estimate of drug-likeness (QED) is 0.674. The molecule has 0 unspecified atom stereocenters. The number of allylic oxidation sites excluding steroid dienone is 2. The number of unbranched alkanes of at least 4 members (excludes halogenated alkanes) is 1. The summed E-state index contributed by atoms with van der Waals surface area (Å²) in [5.74, 6) is 0.800. The lowest BCUT2D eigenvalue weighted by atomic mass is 9.77. The molecule has 0 bridgehead atoms. The lowest BCUT2D eigenvalue weighted by Crippen LogP contribution is -2.18. The van der Waals surface area contributed by atoms with Gasteiger partial charge in [0.1, 0.15) is 0 Å². The second-order valence-electron chi connectivity index (χ2n) is 5.87. The molecular weight excluding hydrogens is 244 g/mol. The summed E-state index contributed by atoms with van der Waals surface area (Å²) >= 11 is 0. The molecule has 0 saturated heterocycles. The van der Waals surface area contributed by atoms with Gasteiger partial charge >= 0.3 is 0 Å². The monoisotopic (exact) mass is 270 g/mol. The predicted octanol–water partition coefficient (Wildman–Crippen LogP) is 5.42. The predicted molar refractivity (Wildman–Crippen MR) is 84.9 cm³/mol. The first-order valence-corrected chi connectivity index (χ1v) is 8.05. The van der Waals surface area contributed by atoms with Gasteiger partial charge in [0, 0.05) is 6.42 Å². The summed E-state index contributed by atoms with van der Waals surface area (Å²) in [6, 6.07) is 10.5. The summed E-state index contributed by atoms with van der Waals surface area (Å²) in [5, 5.41) is 0. The van der Waals surface area contributed by atoms with E-state index in [2.05, 4.69) is 38.1 Å². The van der Waals surface area contributed by atoms with E-state index in [4.69, 9.17) is 0 Å². The van der Waals surface area contributed by atoms with Crippen molar-refractivity contribution in [3.05, 3.63) is 47.0 Å². The number of rotatable bonds is 6. The average Bonchev–Trinajstić information content (AvgIpc) is 2.48. The molecule has 0 aliphatic heterocycles. The minimum absolute atomic E-state index is 0.399. The molecular formula is C19H26O. The maximum atomic E-state index is 12.5. The van der Waals surface area contributed by atoms with Gasteiger partial charge in [-0.2, -0.15) is 0 Å². The van der Waals surface area contributed by atoms with E-state index in [0.717, 1.165) is 31.3 Å². The molecule has 1 atom stereocenters. The molecule has 0 aromatic heterocycles. The van der Waals surface area contributed by atoms with Crippen LogP contribution in [0.4, 0.5) is 0 Å². The van der Waals surface area contributed by atoms with Crippen molar-refractivity contribution in [1.29, 1.82) is 0 Å². The summed E-state index contributed by atoms with van der Waals surface area (Å²) < 4.78 is 0. The van der Waals surface area contributed by atoms with E-state index in [1.807, 2.05) is 6.07 Å². The molecule has 0 saturated carbocycles. The van der Waals surface area contributed by atoms with E-state index in [-0.39, 0.29) is 0 Å². The largest absolute Gasteiger partial charge is 0.295 e. The van der Waals surface area contributed by atoms with Gasteiger partial charge in [-0.25, -0.2) is 0 Å². The fourth-order valence-corrected chi connectivity index (χ4v) is 3.21. The Morgan fingerprint density at radius 3 is 2.40 bits per heavy atom. The zero-order valence-corrected chi connectivity index (χ0v) is 12.8. The molecule has 1 aliphatic rings. The highest BCUT2D eigenvalue weighted by Gasteiger charge is 2.27. The Morgan fingerprint density at radius 2 is 1.75 bits per heavy atom. The SMILES string of the molecule is CCCCC1=C(CCC)C(=O)C[C@@H](c2ccccc2)C1. The zero-order valence-electron chi connectivity index (χ0n) is 12.8. The first-order valence-electron chi connectivity index (χ1n) is 8.05. The van der Waals surface area contributed by atoms with Crippen LogP contribution in [0.5, 0.6) is 0 Å². The summed E-state index contributed by atoms with van der Waals surface area (Å²) in [5.41, 5.74) is 3.93. The minimum atomic E-state index is 0.399. The molecule has 1 aliphatic carbocycles. The van der Waals surface area contributed by atoms with Crippen LogP contribution in [0.25, 0.3) is 0 Å². The maximum Gasteiger partial charge on any atom is 0.159 e. The lowest BCUT2D eigenvalue weighted by Gasteiger charge is -2.27. The summed E-state index contributed by atoms with van der Waals surface area (Å²) in [6.45, 7) is 4.39. The van der Waals surface area contributed by atoms with E-state index in [1.54, 1.807) is 0 Å². The van der Waals surface area contributed by atoms with Crippen LogP contribution in [0, 0.1) is 0 Å². The Bertz CT molecular complexity index is 470. The Morgan fingerprint density at radius 1 is 1.00 bits per heavy atom. The van der Waals surface area contributed by atoms with Crippen LogP contribution in [-0.4, -0.2) is 5.78 Å². The Hall–Kier alpha value is -1.37. The molecule has 0 spiro atoms. The van der Waals surface area contributed by atoms with Crippen molar-refractivity contribution < 1.29 is 4.79 Å². The van der Waals surface area contributed by atoms with Crippen LogP contribution >= 0.6 is 0 Å². The molecule has 20 heavy (non-hydrogen) atoms. The van der Waals surface area contributed by atoms with E-state index in [0.29, 0.717) is 18.1 Å². The highest BCUT2D eigenvalue weighted by molar-refractivity contribution is 5.97. The third-order valence-corrected chi connectivity index (χ3v) is 4.29. The van der Waals surface area contributed by atoms with Gasteiger partial charge in [-0.3, -0.25) is 4.79 Å². The average molecular weight is 270 g/mol. The molecule has 0 heterocycles. The zero-order chi connectivity index (χ0) is 14.4. The van der Waals surface area contributed by atoms with Gasteiger partial charge in [0.25, 0.3) is 0 Å². The van der Waals surface area contributed by atoms with Gasteiger partial charge in [0.05, 0.1) is 0 Å². The van der Waals surface area contributed by atoms with Gasteiger partial charge in [-0.15, -0.1) is 0 Å². The van der Waals surface area contributed by atoms with Crippen molar-refractivity contribution in [1.82, 2.24) is 0 Å². The van der Waals surface area contributed by atoms with Crippen LogP contribution in [0.2, 0.25) is 0 Å². The minimum Gasteiger partial charge on any atom is -0.295 e. The molecule has 0 amide bonds. The highest BCUT2D eigenvalue weighted by Crippen LogP contribution is 2.37. The van der Waals surface area contributed by atoms with Crippen molar-refractivity contribution in [3.63, 3.8) is 0 Å². The fraction of sp³-hybridized carbons (Fsp3) is 0.526. The number of benzene rings is 1. The van der Waals surface area contributed by atoms with Gasteiger partial charge in [0.15, 0.2) is 5.78 Å². The molecule has 0 fully saturated rings. The number of hydrogen-bond acceptors (Lipinski definition) is 1. The van der Waals surface area contributed by atoms with Gasteiger partial charge in [-0.05, 0) is 42.7 Å². The Balaban J connectivity index is 2.21. The molecule has 2 rings (SSSR count). The number of Topliss-reactive ketones (excluding diaryl/α,β-unsaturated/α-hetero) is 1. The van der Waals surface area contributed by atoms with Crippen LogP contribution in [0.3, 0.4) is 0 Å². The van der Waals surface area contributed by atoms with Gasteiger partial charge in [-0.1, -0.05) is 62.6 Å². The van der Waals surface area contributed by atoms with E-state index in [9.17, 15) is 4.79 Å². The molecule has 1 nitrogen and oxygen atoms in total. The first kappa shape index (κ1) is 15.0. The number of hydrogen-bond donors (Lipinski definition) is 0. The molecule has 1 aromatic carbocycles. The molecule has 0 radical (unpaired) electrons. The smallest absolute Gasteiger partial charge is 0.159 e. The highest BCUT2D eigenvalue weighted by atomic mass is 16.1. The van der Waals surface area contributed by atoms with Crippen LogP contribution in [0.15, 0.2) is 41.5 Å². The van der Waals surface area contributed by atoms with Crippen LogP contribution < -0.4 is 0 Å². The molecule has 1 aromatic rings.